The van der Waals surface area contributed by atoms with Crippen LogP contribution in [0.5, 0.6) is 0 Å². The van der Waals surface area contributed by atoms with Gasteiger partial charge in [-0.05, 0) is 31.9 Å². The van der Waals surface area contributed by atoms with Crippen LogP contribution in [0, 0.1) is 5.92 Å². The molecule has 146 valence electrons. The summed E-state index contributed by atoms with van der Waals surface area (Å²) in [4.78, 5) is 16.7. The second-order valence-corrected chi connectivity index (χ2v) is 8.97. The third kappa shape index (κ3) is 4.66. The van der Waals surface area contributed by atoms with Crippen molar-refractivity contribution in [2.75, 3.05) is 18.8 Å². The fourth-order valence-corrected chi connectivity index (χ4v) is 4.38. The highest BCUT2D eigenvalue weighted by atomic mass is 35.5. The van der Waals surface area contributed by atoms with Crippen LogP contribution in [-0.2, 0) is 21.4 Å². The van der Waals surface area contributed by atoms with Crippen molar-refractivity contribution in [3.8, 4) is 11.4 Å². The maximum atomic E-state index is 12.4. The van der Waals surface area contributed by atoms with E-state index in [1.54, 1.807) is 25.1 Å². The largest absolute Gasteiger partial charge is 0.347 e. The molecule has 0 bridgehead atoms. The zero-order chi connectivity index (χ0) is 19.4. The molecule has 8 nitrogen and oxygen atoms in total. The van der Waals surface area contributed by atoms with Gasteiger partial charge in [-0.15, -0.1) is 0 Å². The Morgan fingerprint density at radius 1 is 1.41 bits per heavy atom. The Morgan fingerprint density at radius 2 is 2.19 bits per heavy atom. The first kappa shape index (κ1) is 19.8. The molecule has 27 heavy (non-hydrogen) atoms. The van der Waals surface area contributed by atoms with Crippen molar-refractivity contribution in [3.63, 3.8) is 0 Å². The number of nitrogens with zero attached hydrogens (tertiary/aromatic N) is 3. The summed E-state index contributed by atoms with van der Waals surface area (Å²) < 4.78 is 30.6. The number of carbonyl (C=O) groups excluding carboxylic acids is 1. The number of piperidine rings is 1. The average molecular weight is 413 g/mol. The van der Waals surface area contributed by atoms with Gasteiger partial charge >= 0.3 is 0 Å². The molecule has 2 heterocycles. The highest BCUT2D eigenvalue weighted by Crippen LogP contribution is 2.25. The maximum Gasteiger partial charge on any atom is 0.246 e. The van der Waals surface area contributed by atoms with Gasteiger partial charge < -0.3 is 9.84 Å². The predicted octanol–water partition coefficient (Wildman–Crippen LogP) is 2.07. The molecule has 1 atom stereocenters. The molecular weight excluding hydrogens is 392 g/mol. The zero-order valence-electron chi connectivity index (χ0n) is 14.9. The number of hydrogen-bond donors (Lipinski definition) is 1. The van der Waals surface area contributed by atoms with Crippen molar-refractivity contribution in [3.05, 3.63) is 35.2 Å². The van der Waals surface area contributed by atoms with E-state index in [9.17, 15) is 13.2 Å². The van der Waals surface area contributed by atoms with Gasteiger partial charge in [0.2, 0.25) is 27.6 Å². The summed E-state index contributed by atoms with van der Waals surface area (Å²) >= 11 is 6.11. The molecule has 0 radical (unpaired) electrons. The van der Waals surface area contributed by atoms with E-state index in [2.05, 4.69) is 15.5 Å². The lowest BCUT2D eigenvalue weighted by atomic mass is 9.99. The molecule has 2 aromatic rings. The molecule has 1 aliphatic heterocycles. The maximum absolute atomic E-state index is 12.4. The molecule has 0 saturated carbocycles. The normalized spacial score (nSPS) is 18.4. The van der Waals surface area contributed by atoms with E-state index in [0.29, 0.717) is 35.8 Å². The predicted molar refractivity (Wildman–Crippen MR) is 100 cm³/mol. The van der Waals surface area contributed by atoms with Crippen LogP contribution in [0.25, 0.3) is 11.4 Å². The number of sulfonamides is 1. The quantitative estimate of drug-likeness (QED) is 0.778. The van der Waals surface area contributed by atoms with Crippen molar-refractivity contribution in [1.82, 2.24) is 19.8 Å². The van der Waals surface area contributed by atoms with Crippen molar-refractivity contribution in [2.24, 2.45) is 5.92 Å². The molecule has 1 aromatic carbocycles. The molecule has 1 N–H and O–H groups in total. The Kier molecular flexibility index (Phi) is 6.13. The second kappa shape index (κ2) is 8.37. The number of hydrogen-bond acceptors (Lipinski definition) is 6. The lowest BCUT2D eigenvalue weighted by Gasteiger charge is -2.30. The number of nitrogens with one attached hydrogen (secondary N) is 1. The first-order valence-electron chi connectivity index (χ1n) is 8.73. The van der Waals surface area contributed by atoms with E-state index < -0.39 is 10.0 Å². The van der Waals surface area contributed by atoms with E-state index in [-0.39, 0.29) is 36.6 Å². The minimum atomic E-state index is -3.29. The molecule has 10 heteroatoms. The van der Waals surface area contributed by atoms with Gasteiger partial charge in [-0.2, -0.15) is 4.98 Å². The third-order valence-corrected chi connectivity index (χ3v) is 6.69. The number of halogens is 1. The number of amides is 1. The number of aromatic nitrogens is 2. The van der Waals surface area contributed by atoms with Crippen LogP contribution in [0.2, 0.25) is 5.02 Å². The molecule has 1 saturated heterocycles. The summed E-state index contributed by atoms with van der Waals surface area (Å²) in [6.07, 6.45) is 1.31. The van der Waals surface area contributed by atoms with Crippen LogP contribution < -0.4 is 5.32 Å². The van der Waals surface area contributed by atoms with Gasteiger partial charge in [-0.1, -0.05) is 28.9 Å². The van der Waals surface area contributed by atoms with Gasteiger partial charge in [0, 0.05) is 18.7 Å². The van der Waals surface area contributed by atoms with Crippen LogP contribution in [0.15, 0.2) is 28.8 Å². The molecule has 0 spiro atoms. The molecule has 1 aromatic heterocycles. The monoisotopic (exact) mass is 412 g/mol. The SMILES string of the molecule is CCS(=O)(=O)N1CCC[C@@H](C(=O)NCc2nc(-c3ccccc3Cl)no2)C1. The average Bonchev–Trinajstić information content (AvgIpc) is 3.15. The first-order valence-corrected chi connectivity index (χ1v) is 10.7. The Balaban J connectivity index is 1.59. The van der Waals surface area contributed by atoms with Gasteiger partial charge in [0.05, 0.1) is 23.2 Å². The van der Waals surface area contributed by atoms with E-state index >= 15 is 0 Å². The van der Waals surface area contributed by atoms with Crippen LogP contribution in [0.4, 0.5) is 0 Å². The Morgan fingerprint density at radius 3 is 2.93 bits per heavy atom. The lowest BCUT2D eigenvalue weighted by molar-refractivity contribution is -0.126. The molecule has 1 fully saturated rings. The van der Waals surface area contributed by atoms with E-state index in [4.69, 9.17) is 16.1 Å². The second-order valence-electron chi connectivity index (χ2n) is 6.31. The van der Waals surface area contributed by atoms with Crippen molar-refractivity contribution >= 4 is 27.5 Å². The van der Waals surface area contributed by atoms with Crippen LogP contribution in [-0.4, -0.2) is 47.6 Å². The Hall–Kier alpha value is -1.97. The molecule has 0 unspecified atom stereocenters. The summed E-state index contributed by atoms with van der Waals surface area (Å²) in [6.45, 7) is 2.35. The van der Waals surface area contributed by atoms with Crippen LogP contribution in [0.3, 0.4) is 0 Å². The van der Waals surface area contributed by atoms with E-state index in [0.717, 1.165) is 0 Å². The summed E-state index contributed by atoms with van der Waals surface area (Å²) in [5.41, 5.74) is 0.646. The van der Waals surface area contributed by atoms with Crippen molar-refractivity contribution in [1.29, 1.82) is 0 Å². The minimum Gasteiger partial charge on any atom is -0.347 e. The van der Waals surface area contributed by atoms with Gasteiger partial charge in [0.1, 0.15) is 0 Å². The molecule has 1 amide bonds. The smallest absolute Gasteiger partial charge is 0.246 e. The van der Waals surface area contributed by atoms with Gasteiger partial charge in [0.25, 0.3) is 0 Å². The molecule has 1 aliphatic rings. The number of benzene rings is 1. The van der Waals surface area contributed by atoms with Crippen LogP contribution in [0.1, 0.15) is 25.7 Å². The van der Waals surface area contributed by atoms with Gasteiger partial charge in [-0.25, -0.2) is 12.7 Å². The lowest BCUT2D eigenvalue weighted by Crippen LogP contribution is -2.45. The fourth-order valence-electron chi connectivity index (χ4n) is 2.98. The zero-order valence-corrected chi connectivity index (χ0v) is 16.5. The molecule has 3 rings (SSSR count). The first-order chi connectivity index (χ1) is 12.9. The minimum absolute atomic E-state index is 0.0359. The number of carbonyl (C=O) groups is 1. The van der Waals surface area contributed by atoms with Gasteiger partial charge in [0.15, 0.2) is 0 Å². The molecule has 0 aliphatic carbocycles. The van der Waals surface area contributed by atoms with Crippen molar-refractivity contribution < 1.29 is 17.7 Å². The highest BCUT2D eigenvalue weighted by molar-refractivity contribution is 7.89. The standard InChI is InChI=1S/C17H21ClN4O4S/c1-2-27(24,25)22-9-5-6-12(11-22)17(23)19-10-15-20-16(21-26-15)13-7-3-4-8-14(13)18/h3-4,7-8,12H,2,5-6,9-11H2,1H3,(H,19,23)/t12-/m1/s1. The van der Waals surface area contributed by atoms with Crippen LogP contribution >= 0.6 is 11.6 Å². The summed E-state index contributed by atoms with van der Waals surface area (Å²) in [5.74, 6) is 0.0399. The summed E-state index contributed by atoms with van der Waals surface area (Å²) in [7, 11) is -3.29. The fraction of sp³-hybridized carbons (Fsp3) is 0.471. The topological polar surface area (TPSA) is 105 Å². The third-order valence-electron chi connectivity index (χ3n) is 4.51. The molecular formula is C17H21ClN4O4S. The Labute approximate surface area is 162 Å². The summed E-state index contributed by atoms with van der Waals surface area (Å²) in [5, 5.41) is 7.14. The Bertz CT molecular complexity index is 915. The van der Waals surface area contributed by atoms with E-state index in [1.807, 2.05) is 6.07 Å². The summed E-state index contributed by atoms with van der Waals surface area (Å²) in [6, 6.07) is 7.13. The van der Waals surface area contributed by atoms with Gasteiger partial charge in [-0.3, -0.25) is 4.79 Å². The van der Waals surface area contributed by atoms with E-state index in [1.165, 1.54) is 4.31 Å². The van der Waals surface area contributed by atoms with Crippen molar-refractivity contribution in [2.45, 2.75) is 26.3 Å². The highest BCUT2D eigenvalue weighted by Gasteiger charge is 2.31. The number of rotatable bonds is 6.